The fourth-order valence-electron chi connectivity index (χ4n) is 3.59. The molecule has 0 aliphatic carbocycles. The minimum absolute atomic E-state index is 0.205. The van der Waals surface area contributed by atoms with Gasteiger partial charge in [-0.1, -0.05) is 69.7 Å². The van der Waals surface area contributed by atoms with Crippen molar-refractivity contribution in [3.8, 4) is 11.5 Å². The molecule has 1 fully saturated rings. The van der Waals surface area contributed by atoms with Crippen LogP contribution in [0.4, 0.5) is 5.69 Å². The number of rotatable bonds is 8. The summed E-state index contributed by atoms with van der Waals surface area (Å²) in [6, 6.07) is 17.1. The Morgan fingerprint density at radius 3 is 2.56 bits per heavy atom. The molecule has 3 aromatic carbocycles. The highest BCUT2D eigenvalue weighted by atomic mass is 79.9. The summed E-state index contributed by atoms with van der Waals surface area (Å²) in [6.45, 7) is 4.27. The van der Waals surface area contributed by atoms with Crippen LogP contribution in [0.25, 0.3) is 6.08 Å². The Morgan fingerprint density at radius 2 is 1.89 bits per heavy atom. The van der Waals surface area contributed by atoms with Crippen LogP contribution in [0.3, 0.4) is 0 Å². The van der Waals surface area contributed by atoms with Crippen LogP contribution < -0.4 is 14.4 Å². The second-order valence-corrected chi connectivity index (χ2v) is 11.6. The predicted octanol–water partition coefficient (Wildman–Crippen LogP) is 8.59. The summed E-state index contributed by atoms with van der Waals surface area (Å²) in [6.07, 6.45) is 4.20. The lowest BCUT2D eigenvalue weighted by Crippen LogP contribution is -2.27. The molecule has 4 rings (SSSR count). The number of carbonyl (C=O) groups is 1. The Balaban J connectivity index is 1.64. The van der Waals surface area contributed by atoms with E-state index in [4.69, 9.17) is 33.3 Å². The van der Waals surface area contributed by atoms with Gasteiger partial charge in [-0.05, 0) is 82.0 Å². The number of thioether (sulfide) groups is 1. The minimum atomic E-state index is -0.205. The molecule has 1 aliphatic heterocycles. The zero-order valence-electron chi connectivity index (χ0n) is 19.1. The van der Waals surface area contributed by atoms with Crippen LogP contribution in [-0.2, 0) is 17.8 Å². The Labute approximate surface area is 241 Å². The second-order valence-electron chi connectivity index (χ2n) is 7.73. The number of thiocarbonyl (C=S) groups is 1. The SMILES string of the molecule is C=CCc1cc(/C=C2\SC(=S)N(c3ccc(Br)c(Cl)c3)C2=O)cc(OC)c1OCc1ccc(Br)cc1. The van der Waals surface area contributed by atoms with Gasteiger partial charge < -0.3 is 9.47 Å². The quantitative estimate of drug-likeness (QED) is 0.137. The number of halogens is 3. The van der Waals surface area contributed by atoms with Gasteiger partial charge in [0.05, 0.1) is 22.7 Å². The van der Waals surface area contributed by atoms with Crippen molar-refractivity contribution in [2.75, 3.05) is 12.0 Å². The lowest BCUT2D eigenvalue weighted by Gasteiger charge is -2.16. The number of hydrogen-bond acceptors (Lipinski definition) is 5. The number of allylic oxidation sites excluding steroid dienone is 1. The summed E-state index contributed by atoms with van der Waals surface area (Å²) >= 11 is 19.8. The van der Waals surface area contributed by atoms with Crippen LogP contribution >= 0.6 is 67.4 Å². The van der Waals surface area contributed by atoms with Crippen LogP contribution in [0.2, 0.25) is 5.02 Å². The van der Waals surface area contributed by atoms with Gasteiger partial charge in [-0.2, -0.15) is 0 Å². The molecule has 0 N–H and O–H groups in total. The van der Waals surface area contributed by atoms with E-state index in [1.165, 1.54) is 16.7 Å². The monoisotopic (exact) mass is 663 g/mol. The first-order valence-corrected chi connectivity index (χ1v) is 13.9. The highest BCUT2D eigenvalue weighted by Crippen LogP contribution is 2.40. The van der Waals surface area contributed by atoms with E-state index in [1.807, 2.05) is 48.6 Å². The molecule has 184 valence electrons. The van der Waals surface area contributed by atoms with E-state index >= 15 is 0 Å². The highest BCUT2D eigenvalue weighted by molar-refractivity contribution is 9.10. The second kappa shape index (κ2) is 12.0. The van der Waals surface area contributed by atoms with Crippen LogP contribution in [-0.4, -0.2) is 17.3 Å². The lowest BCUT2D eigenvalue weighted by molar-refractivity contribution is -0.113. The summed E-state index contributed by atoms with van der Waals surface area (Å²) in [5, 5.41) is 0.503. The number of amides is 1. The fraction of sp³-hybridized carbons (Fsp3) is 0.111. The number of methoxy groups -OCH3 is 1. The standard InChI is InChI=1S/C27H20Br2ClNO3S2/c1-3-4-18-11-17(12-23(33-2)25(18)34-15-16-5-7-19(28)8-6-16)13-24-26(32)31(27(35)36-24)20-9-10-21(29)22(30)14-20/h3,5-14H,1,4,15H2,2H3/b24-13-. The van der Waals surface area contributed by atoms with E-state index < -0.39 is 0 Å². The molecular formula is C27H20Br2ClNO3S2. The average molecular weight is 666 g/mol. The summed E-state index contributed by atoms with van der Waals surface area (Å²) in [5.41, 5.74) is 3.36. The Bertz CT molecular complexity index is 1380. The zero-order chi connectivity index (χ0) is 25.8. The highest BCUT2D eigenvalue weighted by Gasteiger charge is 2.33. The van der Waals surface area contributed by atoms with Crippen molar-refractivity contribution < 1.29 is 14.3 Å². The van der Waals surface area contributed by atoms with Gasteiger partial charge in [0, 0.05) is 14.5 Å². The molecule has 1 aliphatic rings. The minimum Gasteiger partial charge on any atom is -0.493 e. The zero-order valence-corrected chi connectivity index (χ0v) is 24.7. The van der Waals surface area contributed by atoms with Crippen LogP contribution in [0, 0.1) is 0 Å². The lowest BCUT2D eigenvalue weighted by atomic mass is 10.0. The van der Waals surface area contributed by atoms with E-state index in [-0.39, 0.29) is 5.91 Å². The topological polar surface area (TPSA) is 38.8 Å². The molecule has 0 atom stereocenters. The van der Waals surface area contributed by atoms with Gasteiger partial charge in [0.25, 0.3) is 5.91 Å². The van der Waals surface area contributed by atoms with Crippen molar-refractivity contribution in [3.63, 3.8) is 0 Å². The molecular weight excluding hydrogens is 646 g/mol. The van der Waals surface area contributed by atoms with Gasteiger partial charge in [0.2, 0.25) is 0 Å². The van der Waals surface area contributed by atoms with Crippen molar-refractivity contribution in [3.05, 3.63) is 103 Å². The van der Waals surface area contributed by atoms with Gasteiger partial charge in [0.1, 0.15) is 6.61 Å². The molecule has 0 unspecified atom stereocenters. The van der Waals surface area contributed by atoms with Crippen molar-refractivity contribution in [1.29, 1.82) is 0 Å². The third-order valence-corrected chi connectivity index (χ3v) is 8.35. The smallest absolute Gasteiger partial charge is 0.270 e. The largest absolute Gasteiger partial charge is 0.493 e. The number of benzene rings is 3. The molecule has 9 heteroatoms. The normalized spacial score (nSPS) is 14.4. The maximum Gasteiger partial charge on any atom is 0.270 e. The third kappa shape index (κ3) is 6.06. The van der Waals surface area contributed by atoms with Crippen LogP contribution in [0.5, 0.6) is 11.5 Å². The van der Waals surface area contributed by atoms with Gasteiger partial charge in [-0.3, -0.25) is 9.69 Å². The first kappa shape index (κ1) is 26.9. The van der Waals surface area contributed by atoms with E-state index in [9.17, 15) is 4.79 Å². The van der Waals surface area contributed by atoms with Crippen molar-refractivity contribution in [2.24, 2.45) is 0 Å². The maximum absolute atomic E-state index is 13.3. The average Bonchev–Trinajstić information content (AvgIpc) is 3.13. The Hall–Kier alpha value is -2.10. The van der Waals surface area contributed by atoms with Crippen LogP contribution in [0.1, 0.15) is 16.7 Å². The molecule has 1 saturated heterocycles. The molecule has 4 nitrogen and oxygen atoms in total. The number of nitrogens with zero attached hydrogens (tertiary/aromatic N) is 1. The van der Waals surface area contributed by atoms with Gasteiger partial charge in [-0.25, -0.2) is 0 Å². The first-order valence-electron chi connectivity index (χ1n) is 10.7. The third-order valence-electron chi connectivity index (χ3n) is 5.29. The van der Waals surface area contributed by atoms with E-state index in [2.05, 4.69) is 38.4 Å². The molecule has 0 aromatic heterocycles. The number of hydrogen-bond donors (Lipinski definition) is 0. The molecule has 36 heavy (non-hydrogen) atoms. The van der Waals surface area contributed by atoms with Gasteiger partial charge in [0.15, 0.2) is 15.8 Å². The number of anilines is 1. The summed E-state index contributed by atoms with van der Waals surface area (Å²) in [7, 11) is 1.60. The molecule has 1 amide bonds. The number of carbonyl (C=O) groups excluding carboxylic acids is 1. The van der Waals surface area contributed by atoms with Crippen molar-refractivity contribution >= 4 is 89.4 Å². The Kier molecular flexibility index (Phi) is 8.96. The maximum atomic E-state index is 13.3. The molecule has 3 aromatic rings. The fourth-order valence-corrected chi connectivity index (χ4v) is 5.58. The van der Waals surface area contributed by atoms with Crippen molar-refractivity contribution in [1.82, 2.24) is 0 Å². The summed E-state index contributed by atoms with van der Waals surface area (Å²) < 4.78 is 14.0. The summed E-state index contributed by atoms with van der Waals surface area (Å²) in [5.74, 6) is 1.02. The van der Waals surface area contributed by atoms with E-state index in [0.717, 1.165) is 25.6 Å². The number of ether oxygens (including phenoxy) is 2. The van der Waals surface area contributed by atoms with Gasteiger partial charge in [-0.15, -0.1) is 6.58 Å². The molecule has 0 radical (unpaired) electrons. The van der Waals surface area contributed by atoms with E-state index in [1.54, 1.807) is 25.3 Å². The molecule has 0 saturated carbocycles. The molecule has 1 heterocycles. The predicted molar refractivity (Wildman–Crippen MR) is 160 cm³/mol. The Morgan fingerprint density at radius 1 is 1.14 bits per heavy atom. The van der Waals surface area contributed by atoms with Crippen molar-refractivity contribution in [2.45, 2.75) is 13.0 Å². The van der Waals surface area contributed by atoms with E-state index in [0.29, 0.717) is 44.5 Å². The molecule has 0 spiro atoms. The first-order chi connectivity index (χ1) is 17.3. The van der Waals surface area contributed by atoms with Crippen LogP contribution in [0.15, 0.2) is 81.1 Å². The van der Waals surface area contributed by atoms with Gasteiger partial charge >= 0.3 is 0 Å². The molecule has 0 bridgehead atoms. The summed E-state index contributed by atoms with van der Waals surface area (Å²) in [4.78, 5) is 15.2.